The maximum atomic E-state index is 6.14. The summed E-state index contributed by atoms with van der Waals surface area (Å²) >= 11 is 0. The van der Waals surface area contributed by atoms with Crippen molar-refractivity contribution in [1.29, 1.82) is 0 Å². The second-order valence-electron chi connectivity index (χ2n) is 4.80. The fourth-order valence-corrected chi connectivity index (χ4v) is 1.87. The van der Waals surface area contributed by atoms with Gasteiger partial charge >= 0.3 is 0 Å². The van der Waals surface area contributed by atoms with Crippen molar-refractivity contribution >= 4 is 0 Å². The van der Waals surface area contributed by atoms with Crippen LogP contribution < -0.4 is 10.5 Å². The molecule has 0 unspecified atom stereocenters. The molecule has 1 aromatic heterocycles. The van der Waals surface area contributed by atoms with Gasteiger partial charge in [0.2, 0.25) is 0 Å². The zero-order valence-electron chi connectivity index (χ0n) is 11.1. The molecule has 0 saturated carbocycles. The Bertz CT molecular complexity index is 526. The molecule has 1 aromatic carbocycles. The topological polar surface area (TPSA) is 53.1 Å². The van der Waals surface area contributed by atoms with E-state index in [1.54, 1.807) is 12.5 Å². The first-order valence-corrected chi connectivity index (χ1v) is 6.07. The lowest BCUT2D eigenvalue weighted by atomic mass is 10.0. The van der Waals surface area contributed by atoms with Crippen LogP contribution in [0.4, 0.5) is 0 Å². The SMILES string of the molecule is CCOc1cccc(-n2cncc2C(C)(C)N)c1. The normalized spacial score (nSPS) is 11.6. The molecule has 18 heavy (non-hydrogen) atoms. The summed E-state index contributed by atoms with van der Waals surface area (Å²) in [5.74, 6) is 0.851. The summed E-state index contributed by atoms with van der Waals surface area (Å²) in [5.41, 5.74) is 7.69. The standard InChI is InChI=1S/C14H19N3O/c1-4-18-12-7-5-6-11(8-12)17-10-16-9-13(17)14(2,3)15/h5-10H,4,15H2,1-3H3. The Morgan fingerprint density at radius 1 is 1.39 bits per heavy atom. The van der Waals surface area contributed by atoms with E-state index in [0.717, 1.165) is 17.1 Å². The van der Waals surface area contributed by atoms with Gasteiger partial charge in [-0.2, -0.15) is 0 Å². The minimum absolute atomic E-state index is 0.432. The van der Waals surface area contributed by atoms with E-state index >= 15 is 0 Å². The Morgan fingerprint density at radius 2 is 2.17 bits per heavy atom. The van der Waals surface area contributed by atoms with Gasteiger partial charge in [0.15, 0.2) is 0 Å². The van der Waals surface area contributed by atoms with Crippen LogP contribution in [0.5, 0.6) is 5.75 Å². The zero-order chi connectivity index (χ0) is 13.2. The molecule has 2 rings (SSSR count). The minimum Gasteiger partial charge on any atom is -0.494 e. The molecule has 4 nitrogen and oxygen atoms in total. The number of benzene rings is 1. The third-order valence-electron chi connectivity index (χ3n) is 2.71. The number of ether oxygens (including phenoxy) is 1. The van der Waals surface area contributed by atoms with Crippen molar-refractivity contribution in [2.24, 2.45) is 5.73 Å². The van der Waals surface area contributed by atoms with Gasteiger partial charge in [0.05, 0.1) is 36.1 Å². The van der Waals surface area contributed by atoms with Gasteiger partial charge in [-0.05, 0) is 32.9 Å². The number of hydrogen-bond donors (Lipinski definition) is 1. The molecule has 0 amide bonds. The van der Waals surface area contributed by atoms with Crippen LogP contribution in [-0.4, -0.2) is 16.2 Å². The molecular formula is C14H19N3O. The van der Waals surface area contributed by atoms with Crippen molar-refractivity contribution in [2.75, 3.05) is 6.61 Å². The molecule has 96 valence electrons. The largest absolute Gasteiger partial charge is 0.494 e. The average molecular weight is 245 g/mol. The average Bonchev–Trinajstić information content (AvgIpc) is 2.78. The molecule has 0 aliphatic heterocycles. The summed E-state index contributed by atoms with van der Waals surface area (Å²) in [6, 6.07) is 7.91. The highest BCUT2D eigenvalue weighted by molar-refractivity contribution is 5.41. The molecular weight excluding hydrogens is 226 g/mol. The highest BCUT2D eigenvalue weighted by atomic mass is 16.5. The van der Waals surface area contributed by atoms with Gasteiger partial charge in [0.25, 0.3) is 0 Å². The van der Waals surface area contributed by atoms with Crippen LogP contribution in [0.2, 0.25) is 0 Å². The Kier molecular flexibility index (Phi) is 3.39. The van der Waals surface area contributed by atoms with Crippen molar-refractivity contribution in [3.63, 3.8) is 0 Å². The van der Waals surface area contributed by atoms with Crippen LogP contribution in [0.3, 0.4) is 0 Å². The molecule has 0 spiro atoms. The Balaban J connectivity index is 2.43. The van der Waals surface area contributed by atoms with Crippen molar-refractivity contribution < 1.29 is 4.74 Å². The highest BCUT2D eigenvalue weighted by Crippen LogP contribution is 2.23. The van der Waals surface area contributed by atoms with E-state index in [1.165, 1.54) is 0 Å². The fourth-order valence-electron chi connectivity index (χ4n) is 1.87. The van der Waals surface area contributed by atoms with Gasteiger partial charge < -0.3 is 15.0 Å². The molecule has 1 heterocycles. The zero-order valence-corrected chi connectivity index (χ0v) is 11.1. The van der Waals surface area contributed by atoms with Crippen LogP contribution in [0.25, 0.3) is 5.69 Å². The van der Waals surface area contributed by atoms with Gasteiger partial charge in [-0.25, -0.2) is 4.98 Å². The number of nitrogens with two attached hydrogens (primary N) is 1. The number of rotatable bonds is 4. The molecule has 0 atom stereocenters. The number of aromatic nitrogens is 2. The van der Waals surface area contributed by atoms with Crippen LogP contribution in [-0.2, 0) is 5.54 Å². The number of nitrogens with zero attached hydrogens (tertiary/aromatic N) is 2. The van der Waals surface area contributed by atoms with E-state index in [2.05, 4.69) is 4.98 Å². The van der Waals surface area contributed by atoms with E-state index in [1.807, 2.05) is 49.6 Å². The molecule has 0 bridgehead atoms. The molecule has 0 aliphatic carbocycles. The van der Waals surface area contributed by atoms with Gasteiger partial charge in [0, 0.05) is 6.07 Å². The monoisotopic (exact) mass is 245 g/mol. The Labute approximate surface area is 107 Å². The van der Waals surface area contributed by atoms with Gasteiger partial charge in [-0.15, -0.1) is 0 Å². The first-order valence-electron chi connectivity index (χ1n) is 6.07. The smallest absolute Gasteiger partial charge is 0.121 e. The summed E-state index contributed by atoms with van der Waals surface area (Å²) < 4.78 is 7.49. The Hall–Kier alpha value is -1.81. The number of imidazole rings is 1. The van der Waals surface area contributed by atoms with E-state index in [9.17, 15) is 0 Å². The molecule has 4 heteroatoms. The summed E-state index contributed by atoms with van der Waals surface area (Å²) in [4.78, 5) is 4.18. The third-order valence-corrected chi connectivity index (χ3v) is 2.71. The Morgan fingerprint density at radius 3 is 2.83 bits per heavy atom. The van der Waals surface area contributed by atoms with Crippen LogP contribution in [0, 0.1) is 0 Å². The van der Waals surface area contributed by atoms with Gasteiger partial charge in [-0.3, -0.25) is 0 Å². The predicted molar refractivity (Wildman–Crippen MR) is 71.9 cm³/mol. The van der Waals surface area contributed by atoms with Crippen molar-refractivity contribution in [3.05, 3.63) is 42.5 Å². The second kappa shape index (κ2) is 4.82. The fraction of sp³-hybridized carbons (Fsp3) is 0.357. The minimum atomic E-state index is -0.432. The van der Waals surface area contributed by atoms with Crippen LogP contribution in [0.1, 0.15) is 26.5 Å². The maximum absolute atomic E-state index is 6.14. The molecule has 0 fully saturated rings. The lowest BCUT2D eigenvalue weighted by Crippen LogP contribution is -2.31. The van der Waals surface area contributed by atoms with E-state index < -0.39 is 5.54 Å². The lowest BCUT2D eigenvalue weighted by molar-refractivity contribution is 0.340. The van der Waals surface area contributed by atoms with Crippen LogP contribution in [0.15, 0.2) is 36.8 Å². The second-order valence-corrected chi connectivity index (χ2v) is 4.80. The van der Waals surface area contributed by atoms with Crippen LogP contribution >= 0.6 is 0 Å². The van der Waals surface area contributed by atoms with E-state index in [0.29, 0.717) is 6.61 Å². The molecule has 2 N–H and O–H groups in total. The van der Waals surface area contributed by atoms with E-state index in [-0.39, 0.29) is 0 Å². The third kappa shape index (κ3) is 2.54. The molecule has 0 aliphatic rings. The summed E-state index contributed by atoms with van der Waals surface area (Å²) in [7, 11) is 0. The molecule has 2 aromatic rings. The quantitative estimate of drug-likeness (QED) is 0.900. The van der Waals surface area contributed by atoms with Crippen molar-refractivity contribution in [3.8, 4) is 11.4 Å². The number of hydrogen-bond acceptors (Lipinski definition) is 3. The molecule has 0 radical (unpaired) electrons. The maximum Gasteiger partial charge on any atom is 0.121 e. The summed E-state index contributed by atoms with van der Waals surface area (Å²) in [6.07, 6.45) is 3.57. The lowest BCUT2D eigenvalue weighted by Gasteiger charge is -2.21. The van der Waals surface area contributed by atoms with Crippen molar-refractivity contribution in [1.82, 2.24) is 9.55 Å². The first kappa shape index (κ1) is 12.6. The van der Waals surface area contributed by atoms with Crippen molar-refractivity contribution in [2.45, 2.75) is 26.3 Å². The van der Waals surface area contributed by atoms with Gasteiger partial charge in [0.1, 0.15) is 5.75 Å². The highest BCUT2D eigenvalue weighted by Gasteiger charge is 2.19. The molecule has 0 saturated heterocycles. The summed E-state index contributed by atoms with van der Waals surface area (Å²) in [5, 5.41) is 0. The van der Waals surface area contributed by atoms with Gasteiger partial charge in [-0.1, -0.05) is 6.07 Å². The predicted octanol–water partition coefficient (Wildman–Crippen LogP) is 2.46. The van der Waals surface area contributed by atoms with E-state index in [4.69, 9.17) is 10.5 Å². The summed E-state index contributed by atoms with van der Waals surface area (Å²) in [6.45, 7) is 6.56. The first-order chi connectivity index (χ1) is 8.52.